The van der Waals surface area contributed by atoms with E-state index in [1.165, 1.54) is 5.38 Å². The highest BCUT2D eigenvalue weighted by Crippen LogP contribution is 2.09. The van der Waals surface area contributed by atoms with E-state index in [1.54, 1.807) is 0 Å². The molecule has 1 aromatic heterocycles. The van der Waals surface area contributed by atoms with Gasteiger partial charge in [-0.1, -0.05) is 12.8 Å². The normalized spacial score (nSPS) is 11.5. The molecule has 1 unspecified atom stereocenters. The Morgan fingerprint density at radius 3 is 2.88 bits per heavy atom. The van der Waals surface area contributed by atoms with Gasteiger partial charge in [0, 0.05) is 5.38 Å². The molecule has 1 atom stereocenters. The molecule has 1 amide bonds. The van der Waals surface area contributed by atoms with E-state index in [4.69, 9.17) is 11.5 Å². The monoisotopic (exact) mass is 238 g/mol. The van der Waals surface area contributed by atoms with E-state index in [9.17, 15) is 9.59 Å². The van der Waals surface area contributed by atoms with E-state index in [1.807, 2.05) is 6.92 Å². The molecule has 0 saturated carbocycles. The Labute approximate surface area is 96.5 Å². The second kappa shape index (κ2) is 5.28. The number of nitrogens with zero attached hydrogens (tertiary/aromatic N) is 1. The van der Waals surface area contributed by atoms with Crippen LogP contribution in [0.5, 0.6) is 0 Å². The standard InChI is InChI=1S/C10H10N2O3S/c1-3-6(4-2)11-8(13)9-12-7(5-16-9)10(14)15/h1,5-6H,4H2,2H3,(H,11,13)(H,14,15). The number of aromatic nitrogens is 1. The van der Waals surface area contributed by atoms with Crippen LogP contribution in [-0.4, -0.2) is 28.0 Å². The fourth-order valence-electron chi connectivity index (χ4n) is 0.958. The summed E-state index contributed by atoms with van der Waals surface area (Å²) in [6.07, 6.45) is 5.80. The number of hydrogen-bond donors (Lipinski definition) is 2. The molecule has 0 bridgehead atoms. The number of carboxylic acid groups (broad SMARTS) is 1. The molecule has 0 fully saturated rings. The summed E-state index contributed by atoms with van der Waals surface area (Å²) in [5.41, 5.74) is -0.135. The lowest BCUT2D eigenvalue weighted by Gasteiger charge is -2.08. The van der Waals surface area contributed by atoms with Crippen LogP contribution in [0.25, 0.3) is 0 Å². The van der Waals surface area contributed by atoms with Gasteiger partial charge in [-0.25, -0.2) is 9.78 Å². The molecule has 0 aliphatic rings. The predicted molar refractivity (Wildman–Crippen MR) is 59.5 cm³/mol. The molecule has 2 N–H and O–H groups in total. The molecule has 0 aromatic carbocycles. The Balaban J connectivity index is 2.74. The minimum absolute atomic E-state index is 0.103. The van der Waals surface area contributed by atoms with E-state index in [0.29, 0.717) is 6.42 Å². The van der Waals surface area contributed by atoms with Crippen molar-refractivity contribution in [2.24, 2.45) is 0 Å². The van der Waals surface area contributed by atoms with Crippen molar-refractivity contribution in [3.63, 3.8) is 0 Å². The number of carbonyl (C=O) groups is 2. The third-order valence-corrected chi connectivity index (χ3v) is 2.67. The summed E-state index contributed by atoms with van der Waals surface area (Å²) >= 11 is 0.976. The predicted octanol–water partition coefficient (Wildman–Crippen LogP) is 0.983. The lowest BCUT2D eigenvalue weighted by Crippen LogP contribution is -2.33. The highest BCUT2D eigenvalue weighted by Gasteiger charge is 2.16. The van der Waals surface area contributed by atoms with Gasteiger partial charge < -0.3 is 10.4 Å². The molecule has 1 heterocycles. The summed E-state index contributed by atoms with van der Waals surface area (Å²) in [4.78, 5) is 25.8. The van der Waals surface area contributed by atoms with Gasteiger partial charge in [0.25, 0.3) is 5.91 Å². The van der Waals surface area contributed by atoms with Crippen LogP contribution in [0.4, 0.5) is 0 Å². The van der Waals surface area contributed by atoms with Crippen LogP contribution in [0.2, 0.25) is 0 Å². The summed E-state index contributed by atoms with van der Waals surface area (Å²) < 4.78 is 0. The van der Waals surface area contributed by atoms with Crippen molar-refractivity contribution in [1.82, 2.24) is 10.3 Å². The average Bonchev–Trinajstić information content (AvgIpc) is 2.74. The number of aromatic carboxylic acids is 1. The zero-order valence-corrected chi connectivity index (χ0v) is 9.37. The van der Waals surface area contributed by atoms with Crippen LogP contribution in [-0.2, 0) is 0 Å². The molecule has 16 heavy (non-hydrogen) atoms. The second-order valence-corrected chi connectivity index (χ2v) is 3.80. The first-order valence-corrected chi connectivity index (χ1v) is 5.42. The first-order chi connectivity index (χ1) is 7.58. The van der Waals surface area contributed by atoms with Crippen molar-refractivity contribution in [1.29, 1.82) is 0 Å². The molecule has 1 aromatic rings. The highest BCUT2D eigenvalue weighted by atomic mass is 32.1. The summed E-state index contributed by atoms with van der Waals surface area (Å²) in [6, 6.07) is -0.357. The van der Waals surface area contributed by atoms with Crippen molar-refractivity contribution in [2.75, 3.05) is 0 Å². The van der Waals surface area contributed by atoms with Gasteiger partial charge in [0.1, 0.15) is 0 Å². The second-order valence-electron chi connectivity index (χ2n) is 2.94. The Morgan fingerprint density at radius 1 is 1.75 bits per heavy atom. The number of thiazole rings is 1. The Hall–Kier alpha value is -1.87. The molecular formula is C10H10N2O3S. The van der Waals surface area contributed by atoms with E-state index < -0.39 is 11.9 Å². The van der Waals surface area contributed by atoms with Crippen molar-refractivity contribution in [3.05, 3.63) is 16.1 Å². The van der Waals surface area contributed by atoms with Crippen LogP contribution in [0, 0.1) is 12.3 Å². The van der Waals surface area contributed by atoms with E-state index in [2.05, 4.69) is 16.2 Å². The fraction of sp³-hybridized carbons (Fsp3) is 0.300. The van der Waals surface area contributed by atoms with Crippen LogP contribution in [0.3, 0.4) is 0 Å². The fourth-order valence-corrected chi connectivity index (χ4v) is 1.65. The number of rotatable bonds is 4. The van der Waals surface area contributed by atoms with Gasteiger partial charge in [-0.3, -0.25) is 4.79 Å². The average molecular weight is 238 g/mol. The third kappa shape index (κ3) is 2.81. The molecular weight excluding hydrogens is 228 g/mol. The number of carbonyl (C=O) groups excluding carboxylic acids is 1. The minimum atomic E-state index is -1.15. The summed E-state index contributed by atoms with van der Waals surface area (Å²) in [6.45, 7) is 1.84. The van der Waals surface area contributed by atoms with E-state index in [-0.39, 0.29) is 16.7 Å². The zero-order chi connectivity index (χ0) is 12.1. The molecule has 1 rings (SSSR count). The number of carboxylic acids is 1. The molecule has 0 saturated heterocycles. The van der Waals surface area contributed by atoms with Crippen LogP contribution < -0.4 is 5.32 Å². The quantitative estimate of drug-likeness (QED) is 0.766. The highest BCUT2D eigenvalue weighted by molar-refractivity contribution is 7.11. The Morgan fingerprint density at radius 2 is 2.44 bits per heavy atom. The maximum Gasteiger partial charge on any atom is 0.355 e. The molecule has 0 radical (unpaired) electrons. The smallest absolute Gasteiger partial charge is 0.355 e. The van der Waals surface area contributed by atoms with Crippen LogP contribution in [0.15, 0.2) is 5.38 Å². The number of terminal acetylenes is 1. The topological polar surface area (TPSA) is 79.3 Å². The SMILES string of the molecule is C#CC(CC)NC(=O)c1nc(C(=O)O)cs1. The Bertz CT molecular complexity index is 447. The summed E-state index contributed by atoms with van der Waals surface area (Å²) in [5, 5.41) is 12.6. The maximum absolute atomic E-state index is 11.6. The molecule has 84 valence electrons. The van der Waals surface area contributed by atoms with Gasteiger partial charge in [0.2, 0.25) is 0 Å². The van der Waals surface area contributed by atoms with Crippen molar-refractivity contribution in [3.8, 4) is 12.3 Å². The number of nitrogens with one attached hydrogen (secondary N) is 1. The van der Waals surface area contributed by atoms with E-state index >= 15 is 0 Å². The largest absolute Gasteiger partial charge is 0.476 e. The van der Waals surface area contributed by atoms with Gasteiger partial charge in [-0.05, 0) is 6.42 Å². The van der Waals surface area contributed by atoms with Gasteiger partial charge >= 0.3 is 5.97 Å². The summed E-state index contributed by atoms with van der Waals surface area (Å²) in [5.74, 6) is 0.815. The molecule has 0 aliphatic carbocycles. The number of amides is 1. The third-order valence-electron chi connectivity index (χ3n) is 1.83. The zero-order valence-electron chi connectivity index (χ0n) is 8.56. The van der Waals surface area contributed by atoms with Crippen LogP contribution in [0.1, 0.15) is 33.6 Å². The minimum Gasteiger partial charge on any atom is -0.476 e. The Kier molecular flexibility index (Phi) is 4.03. The maximum atomic E-state index is 11.6. The lowest BCUT2D eigenvalue weighted by atomic mass is 10.2. The first-order valence-electron chi connectivity index (χ1n) is 4.54. The number of hydrogen-bond acceptors (Lipinski definition) is 4. The molecule has 0 spiro atoms. The summed E-state index contributed by atoms with van der Waals surface area (Å²) in [7, 11) is 0. The van der Waals surface area contributed by atoms with Crippen molar-refractivity contribution < 1.29 is 14.7 Å². The van der Waals surface area contributed by atoms with Crippen molar-refractivity contribution in [2.45, 2.75) is 19.4 Å². The molecule has 6 heteroatoms. The lowest BCUT2D eigenvalue weighted by molar-refractivity contribution is 0.0691. The van der Waals surface area contributed by atoms with Gasteiger partial charge in [-0.2, -0.15) is 0 Å². The van der Waals surface area contributed by atoms with Gasteiger partial charge in [-0.15, -0.1) is 17.8 Å². The molecule has 0 aliphatic heterocycles. The molecule has 5 nitrogen and oxygen atoms in total. The van der Waals surface area contributed by atoms with Crippen molar-refractivity contribution >= 4 is 23.2 Å². The van der Waals surface area contributed by atoms with E-state index in [0.717, 1.165) is 11.3 Å². The van der Waals surface area contributed by atoms with Crippen LogP contribution >= 0.6 is 11.3 Å². The van der Waals surface area contributed by atoms with Gasteiger partial charge in [0.05, 0.1) is 6.04 Å². The van der Waals surface area contributed by atoms with Gasteiger partial charge in [0.15, 0.2) is 10.7 Å². The first kappa shape index (κ1) is 12.2.